The van der Waals surface area contributed by atoms with Crippen LogP contribution in [0, 0.1) is 17.0 Å². The first-order valence-corrected chi connectivity index (χ1v) is 9.18. The van der Waals surface area contributed by atoms with Crippen LogP contribution in [-0.2, 0) is 0 Å². The molecule has 0 radical (unpaired) electrons. The van der Waals surface area contributed by atoms with E-state index in [1.54, 1.807) is 6.92 Å². The van der Waals surface area contributed by atoms with E-state index in [-0.39, 0.29) is 17.0 Å². The second kappa shape index (κ2) is 8.48. The highest BCUT2D eigenvalue weighted by molar-refractivity contribution is 7.17. The minimum absolute atomic E-state index is 0.00352. The summed E-state index contributed by atoms with van der Waals surface area (Å²) in [5, 5.41) is 11.8. The van der Waals surface area contributed by atoms with E-state index >= 15 is 0 Å². The molecule has 0 bridgehead atoms. The van der Waals surface area contributed by atoms with Gasteiger partial charge < -0.3 is 4.74 Å². The molecule has 2 aromatic carbocycles. The number of nitrogens with zero attached hydrogens (tertiary/aromatic N) is 2. The number of methoxy groups -OCH3 is 1. The van der Waals surface area contributed by atoms with Crippen LogP contribution in [0.3, 0.4) is 0 Å². The summed E-state index contributed by atoms with van der Waals surface area (Å²) in [6.45, 7) is 1.70. The average Bonchev–Trinajstić information content (AvgIpc) is 3.13. The third kappa shape index (κ3) is 4.38. The SMILES string of the molecule is COc1ccc(C(=O)NNC(=O)c2sc(-c3ccccc3)nc2C)cc1[N+](=O)[O-]. The molecule has 2 amide bonds. The number of nitro groups is 1. The number of aryl methyl sites for hydroxylation is 1. The van der Waals surface area contributed by atoms with Crippen LogP contribution in [0.25, 0.3) is 10.6 Å². The molecular weight excluding hydrogens is 396 g/mol. The number of aromatic nitrogens is 1. The number of benzene rings is 2. The van der Waals surface area contributed by atoms with Gasteiger partial charge in [-0.15, -0.1) is 11.3 Å². The van der Waals surface area contributed by atoms with Crippen molar-refractivity contribution in [2.45, 2.75) is 6.92 Å². The summed E-state index contributed by atoms with van der Waals surface area (Å²) >= 11 is 1.20. The van der Waals surface area contributed by atoms with Crippen molar-refractivity contribution in [3.63, 3.8) is 0 Å². The molecule has 3 aromatic rings. The van der Waals surface area contributed by atoms with Crippen LogP contribution >= 0.6 is 11.3 Å². The third-order valence-corrected chi connectivity index (χ3v) is 5.16. The Bertz CT molecular complexity index is 1080. The van der Waals surface area contributed by atoms with Gasteiger partial charge in [-0.3, -0.25) is 30.6 Å². The zero-order valence-electron chi connectivity index (χ0n) is 15.5. The van der Waals surface area contributed by atoms with E-state index in [1.807, 2.05) is 30.3 Å². The Hall–Kier alpha value is -3.79. The number of carbonyl (C=O) groups is 2. The highest BCUT2D eigenvalue weighted by Gasteiger charge is 2.20. The Balaban J connectivity index is 1.71. The van der Waals surface area contributed by atoms with Crippen LogP contribution in [0.4, 0.5) is 5.69 Å². The average molecular weight is 412 g/mol. The lowest BCUT2D eigenvalue weighted by molar-refractivity contribution is -0.385. The number of thiazole rings is 1. The first kappa shape index (κ1) is 20.0. The summed E-state index contributed by atoms with van der Waals surface area (Å²) in [6, 6.07) is 13.2. The molecule has 0 saturated heterocycles. The summed E-state index contributed by atoms with van der Waals surface area (Å²) in [6.07, 6.45) is 0. The quantitative estimate of drug-likeness (QED) is 0.490. The molecule has 0 aliphatic carbocycles. The molecule has 3 rings (SSSR count). The number of rotatable bonds is 5. The molecule has 1 aromatic heterocycles. The molecule has 0 aliphatic heterocycles. The van der Waals surface area contributed by atoms with Crippen LogP contribution in [0.5, 0.6) is 5.75 Å². The Morgan fingerprint density at radius 1 is 1.10 bits per heavy atom. The van der Waals surface area contributed by atoms with Gasteiger partial charge in [0.25, 0.3) is 11.8 Å². The van der Waals surface area contributed by atoms with Crippen molar-refractivity contribution in [1.82, 2.24) is 15.8 Å². The first-order chi connectivity index (χ1) is 13.9. The van der Waals surface area contributed by atoms with Crippen molar-refractivity contribution in [1.29, 1.82) is 0 Å². The number of hydrogen-bond acceptors (Lipinski definition) is 7. The predicted molar refractivity (Wildman–Crippen MR) is 107 cm³/mol. The van der Waals surface area contributed by atoms with Crippen LogP contribution in [-0.4, -0.2) is 28.8 Å². The molecular formula is C19H16N4O5S. The van der Waals surface area contributed by atoms with Crippen molar-refractivity contribution < 1.29 is 19.2 Å². The molecule has 2 N–H and O–H groups in total. The van der Waals surface area contributed by atoms with E-state index < -0.39 is 16.7 Å². The van der Waals surface area contributed by atoms with Crippen LogP contribution < -0.4 is 15.6 Å². The van der Waals surface area contributed by atoms with Crippen LogP contribution in [0.1, 0.15) is 25.7 Å². The van der Waals surface area contributed by atoms with E-state index in [2.05, 4.69) is 15.8 Å². The lowest BCUT2D eigenvalue weighted by Crippen LogP contribution is -2.41. The second-order valence-corrected chi connectivity index (χ2v) is 6.85. The molecule has 0 fully saturated rings. The summed E-state index contributed by atoms with van der Waals surface area (Å²) in [5.74, 6) is -1.20. The Labute approximate surface area is 169 Å². The Kier molecular flexibility index (Phi) is 5.84. The van der Waals surface area contributed by atoms with Gasteiger partial charge in [-0.25, -0.2) is 4.98 Å². The fourth-order valence-corrected chi connectivity index (χ4v) is 3.49. The van der Waals surface area contributed by atoms with Gasteiger partial charge in [-0.2, -0.15) is 0 Å². The zero-order valence-corrected chi connectivity index (χ0v) is 16.3. The molecule has 0 unspecified atom stereocenters. The molecule has 1 heterocycles. The summed E-state index contributed by atoms with van der Waals surface area (Å²) < 4.78 is 4.90. The molecule has 0 aliphatic rings. The maximum absolute atomic E-state index is 12.4. The van der Waals surface area contributed by atoms with Gasteiger partial charge in [0.1, 0.15) is 9.88 Å². The number of ether oxygens (including phenoxy) is 1. The number of hydrogen-bond donors (Lipinski definition) is 2. The van der Waals surface area contributed by atoms with Crippen molar-refractivity contribution in [3.05, 3.63) is 74.8 Å². The van der Waals surface area contributed by atoms with E-state index in [4.69, 9.17) is 4.74 Å². The lowest BCUT2D eigenvalue weighted by Gasteiger charge is -2.08. The fourth-order valence-electron chi connectivity index (χ4n) is 2.53. The number of hydrazine groups is 1. The standard InChI is InChI=1S/C19H16N4O5S/c1-11-16(29-19(20-11)12-6-4-3-5-7-12)18(25)22-21-17(24)13-8-9-15(28-2)14(10-13)23(26)27/h3-10H,1-2H3,(H,21,24)(H,22,25). The molecule has 0 saturated carbocycles. The fraction of sp³-hybridized carbons (Fsp3) is 0.105. The minimum Gasteiger partial charge on any atom is -0.490 e. The second-order valence-electron chi connectivity index (χ2n) is 5.85. The third-order valence-electron chi connectivity index (χ3n) is 3.95. The Morgan fingerprint density at radius 2 is 1.79 bits per heavy atom. The monoisotopic (exact) mass is 412 g/mol. The maximum Gasteiger partial charge on any atom is 0.311 e. The van der Waals surface area contributed by atoms with E-state index in [0.29, 0.717) is 15.6 Å². The van der Waals surface area contributed by atoms with E-state index in [1.165, 1.54) is 30.6 Å². The zero-order chi connectivity index (χ0) is 21.0. The van der Waals surface area contributed by atoms with Gasteiger partial charge in [0.05, 0.1) is 17.7 Å². The molecule has 29 heavy (non-hydrogen) atoms. The van der Waals surface area contributed by atoms with Gasteiger partial charge in [-0.1, -0.05) is 30.3 Å². The molecule has 9 nitrogen and oxygen atoms in total. The lowest BCUT2D eigenvalue weighted by atomic mass is 10.2. The molecule has 0 spiro atoms. The van der Waals surface area contributed by atoms with Gasteiger partial charge in [0, 0.05) is 17.2 Å². The van der Waals surface area contributed by atoms with Crippen molar-refractivity contribution in [3.8, 4) is 16.3 Å². The summed E-state index contributed by atoms with van der Waals surface area (Å²) in [7, 11) is 1.30. The van der Waals surface area contributed by atoms with Gasteiger partial charge in [0.15, 0.2) is 5.75 Å². The molecule has 10 heteroatoms. The van der Waals surface area contributed by atoms with Crippen molar-refractivity contribution in [2.24, 2.45) is 0 Å². The van der Waals surface area contributed by atoms with Crippen molar-refractivity contribution in [2.75, 3.05) is 7.11 Å². The minimum atomic E-state index is -0.699. The summed E-state index contributed by atoms with van der Waals surface area (Å²) in [5.41, 5.74) is 5.63. The summed E-state index contributed by atoms with van der Waals surface area (Å²) in [4.78, 5) is 39.9. The normalized spacial score (nSPS) is 10.3. The van der Waals surface area contributed by atoms with Crippen LogP contribution in [0.2, 0.25) is 0 Å². The van der Waals surface area contributed by atoms with Crippen molar-refractivity contribution >= 4 is 28.8 Å². The molecule has 148 valence electrons. The topological polar surface area (TPSA) is 123 Å². The highest BCUT2D eigenvalue weighted by atomic mass is 32.1. The number of nitrogens with one attached hydrogen (secondary N) is 2. The highest BCUT2D eigenvalue weighted by Crippen LogP contribution is 2.28. The number of nitro benzene ring substituents is 1. The van der Waals surface area contributed by atoms with Gasteiger partial charge in [-0.05, 0) is 19.1 Å². The smallest absolute Gasteiger partial charge is 0.311 e. The Morgan fingerprint density at radius 3 is 2.45 bits per heavy atom. The first-order valence-electron chi connectivity index (χ1n) is 8.36. The van der Waals surface area contributed by atoms with Gasteiger partial charge >= 0.3 is 5.69 Å². The number of carbonyl (C=O) groups excluding carboxylic acids is 2. The predicted octanol–water partition coefficient (Wildman–Crippen LogP) is 3.11. The van der Waals surface area contributed by atoms with Gasteiger partial charge in [0.2, 0.25) is 0 Å². The largest absolute Gasteiger partial charge is 0.490 e. The van der Waals surface area contributed by atoms with E-state index in [0.717, 1.165) is 11.6 Å². The van der Waals surface area contributed by atoms with Crippen LogP contribution in [0.15, 0.2) is 48.5 Å². The number of amides is 2. The van der Waals surface area contributed by atoms with E-state index in [9.17, 15) is 19.7 Å². The maximum atomic E-state index is 12.4. The molecule has 0 atom stereocenters.